The molecule has 1 aliphatic heterocycles. The van der Waals surface area contributed by atoms with Gasteiger partial charge in [-0.25, -0.2) is 0 Å². The van der Waals surface area contributed by atoms with Crippen LogP contribution in [0.2, 0.25) is 0 Å². The lowest BCUT2D eigenvalue weighted by atomic mass is 9.91. The van der Waals surface area contributed by atoms with Crippen LogP contribution in [0.4, 0.5) is 13.2 Å². The SMILES string of the molecule is CCCCC1N/C(c2cccc(OC(F)(F)F)c2)=c2/cc(C)s/c2=C\CC1C. The van der Waals surface area contributed by atoms with Gasteiger partial charge in [0.25, 0.3) is 0 Å². The molecule has 0 bridgehead atoms. The van der Waals surface area contributed by atoms with Gasteiger partial charge in [-0.1, -0.05) is 44.9 Å². The van der Waals surface area contributed by atoms with E-state index in [0.717, 1.165) is 36.6 Å². The Labute approximate surface area is 167 Å². The molecule has 6 heteroatoms. The molecule has 3 rings (SSSR count). The van der Waals surface area contributed by atoms with E-state index in [1.807, 2.05) is 6.07 Å². The molecule has 0 radical (unpaired) electrons. The monoisotopic (exact) mass is 409 g/mol. The first-order valence-corrected chi connectivity index (χ1v) is 10.5. The van der Waals surface area contributed by atoms with Crippen LogP contribution in [-0.2, 0) is 0 Å². The molecular weight excluding hydrogens is 383 g/mol. The molecule has 2 aromatic rings. The molecule has 0 spiro atoms. The van der Waals surface area contributed by atoms with Crippen LogP contribution in [0.5, 0.6) is 5.75 Å². The molecule has 0 saturated carbocycles. The number of nitrogens with one attached hydrogen (secondary N) is 1. The Morgan fingerprint density at radius 2 is 2.04 bits per heavy atom. The van der Waals surface area contributed by atoms with Crippen molar-refractivity contribution in [3.8, 4) is 5.75 Å². The molecule has 2 nitrogen and oxygen atoms in total. The van der Waals surface area contributed by atoms with E-state index < -0.39 is 6.36 Å². The summed E-state index contributed by atoms with van der Waals surface area (Å²) in [5.74, 6) is 0.240. The van der Waals surface area contributed by atoms with Gasteiger partial charge in [-0.05, 0) is 43.9 Å². The largest absolute Gasteiger partial charge is 0.573 e. The smallest absolute Gasteiger partial charge is 0.406 e. The zero-order valence-electron chi connectivity index (χ0n) is 16.4. The molecule has 28 heavy (non-hydrogen) atoms. The van der Waals surface area contributed by atoms with Crippen molar-refractivity contribution in [1.82, 2.24) is 5.32 Å². The summed E-state index contributed by atoms with van der Waals surface area (Å²) < 4.78 is 43.4. The molecule has 0 amide bonds. The summed E-state index contributed by atoms with van der Waals surface area (Å²) in [7, 11) is 0. The van der Waals surface area contributed by atoms with Crippen molar-refractivity contribution in [2.75, 3.05) is 0 Å². The normalized spacial score (nSPS) is 23.0. The van der Waals surface area contributed by atoms with Crippen molar-refractivity contribution in [3.63, 3.8) is 0 Å². The van der Waals surface area contributed by atoms with Gasteiger partial charge in [-0.3, -0.25) is 0 Å². The number of alkyl halides is 3. The van der Waals surface area contributed by atoms with Crippen molar-refractivity contribution in [1.29, 1.82) is 0 Å². The van der Waals surface area contributed by atoms with Gasteiger partial charge in [0.15, 0.2) is 0 Å². The van der Waals surface area contributed by atoms with Crippen LogP contribution in [0.25, 0.3) is 11.8 Å². The Hall–Kier alpha value is -1.95. The van der Waals surface area contributed by atoms with Gasteiger partial charge in [0.2, 0.25) is 0 Å². The molecule has 1 aromatic carbocycles. The number of benzene rings is 1. The Balaban J connectivity index is 2.11. The molecule has 2 heterocycles. The average molecular weight is 410 g/mol. The lowest BCUT2D eigenvalue weighted by Gasteiger charge is -2.28. The topological polar surface area (TPSA) is 21.3 Å². The zero-order valence-corrected chi connectivity index (χ0v) is 17.2. The summed E-state index contributed by atoms with van der Waals surface area (Å²) >= 11 is 1.72. The van der Waals surface area contributed by atoms with Crippen molar-refractivity contribution in [2.24, 2.45) is 5.92 Å². The number of halogens is 3. The number of aryl methyl sites for hydroxylation is 1. The predicted octanol–water partition coefficient (Wildman–Crippen LogP) is 5.08. The Morgan fingerprint density at radius 3 is 2.75 bits per heavy atom. The third-order valence-corrected chi connectivity index (χ3v) is 6.12. The summed E-state index contributed by atoms with van der Waals surface area (Å²) in [6.45, 7) is 6.46. The van der Waals surface area contributed by atoms with Gasteiger partial charge in [0.1, 0.15) is 5.75 Å². The number of ether oxygens (including phenoxy) is 1. The highest BCUT2D eigenvalue weighted by atomic mass is 32.1. The molecule has 0 fully saturated rings. The zero-order chi connectivity index (χ0) is 20.3. The van der Waals surface area contributed by atoms with E-state index in [9.17, 15) is 13.2 Å². The van der Waals surface area contributed by atoms with Gasteiger partial charge in [0.05, 0.1) is 5.70 Å². The maximum absolute atomic E-state index is 12.7. The maximum Gasteiger partial charge on any atom is 0.573 e. The molecule has 0 aliphatic carbocycles. The first-order chi connectivity index (χ1) is 13.3. The van der Waals surface area contributed by atoms with Crippen molar-refractivity contribution < 1.29 is 17.9 Å². The van der Waals surface area contributed by atoms with Crippen LogP contribution in [0.1, 0.15) is 50.0 Å². The highest BCUT2D eigenvalue weighted by molar-refractivity contribution is 7.09. The quantitative estimate of drug-likeness (QED) is 0.744. The van der Waals surface area contributed by atoms with E-state index in [-0.39, 0.29) is 11.8 Å². The van der Waals surface area contributed by atoms with E-state index in [2.05, 4.69) is 43.0 Å². The first-order valence-electron chi connectivity index (χ1n) is 9.70. The van der Waals surface area contributed by atoms with Gasteiger partial charge in [-0.15, -0.1) is 24.5 Å². The van der Waals surface area contributed by atoms with E-state index in [0.29, 0.717) is 11.5 Å². The number of fused-ring (bicyclic) bond motifs is 1. The Kier molecular flexibility index (Phi) is 6.38. The summed E-state index contributed by atoms with van der Waals surface area (Å²) in [5, 5.41) is 4.74. The predicted molar refractivity (Wildman–Crippen MR) is 109 cm³/mol. The van der Waals surface area contributed by atoms with E-state index in [1.54, 1.807) is 17.4 Å². The molecule has 0 saturated heterocycles. The summed E-state index contributed by atoms with van der Waals surface area (Å²) in [4.78, 5) is 1.18. The van der Waals surface area contributed by atoms with Crippen LogP contribution in [0.15, 0.2) is 30.3 Å². The van der Waals surface area contributed by atoms with E-state index >= 15 is 0 Å². The molecule has 152 valence electrons. The number of unbranched alkanes of at least 4 members (excludes halogenated alkanes) is 1. The summed E-state index contributed by atoms with van der Waals surface area (Å²) in [6, 6.07) is 8.64. The number of hydrogen-bond donors (Lipinski definition) is 1. The minimum atomic E-state index is -4.70. The standard InChI is InChI=1S/C22H26F3NOS/c1-4-5-9-19-14(2)10-11-20-18(12-15(3)28-20)21(26-19)16-7-6-8-17(13-16)27-22(23,24)25/h6-8,11-14,19,26H,4-5,9-10H2,1-3H3/b20-11-,21-18-. The van der Waals surface area contributed by atoms with Gasteiger partial charge < -0.3 is 10.1 Å². The third kappa shape index (κ3) is 5.10. The van der Waals surface area contributed by atoms with E-state index in [1.165, 1.54) is 21.5 Å². The molecule has 2 atom stereocenters. The van der Waals surface area contributed by atoms with Crippen LogP contribution in [0.3, 0.4) is 0 Å². The Morgan fingerprint density at radius 1 is 1.25 bits per heavy atom. The lowest BCUT2D eigenvalue weighted by molar-refractivity contribution is -0.274. The lowest BCUT2D eigenvalue weighted by Crippen LogP contribution is -2.40. The van der Waals surface area contributed by atoms with Crippen molar-refractivity contribution in [2.45, 2.75) is 58.9 Å². The van der Waals surface area contributed by atoms with Gasteiger partial charge in [0, 0.05) is 26.2 Å². The number of thiophene rings is 1. The number of rotatable bonds is 5. The van der Waals surface area contributed by atoms with Crippen LogP contribution >= 0.6 is 11.3 Å². The Bertz CT molecular complexity index is 932. The third-order valence-electron chi connectivity index (χ3n) is 5.07. The second-order valence-corrected chi connectivity index (χ2v) is 8.68. The molecule has 1 aliphatic rings. The van der Waals surface area contributed by atoms with Crippen LogP contribution in [0, 0.1) is 12.8 Å². The van der Waals surface area contributed by atoms with Gasteiger partial charge >= 0.3 is 6.36 Å². The molecule has 1 aromatic heterocycles. The molecule has 2 unspecified atom stereocenters. The highest BCUT2D eigenvalue weighted by Gasteiger charge is 2.31. The van der Waals surface area contributed by atoms with Crippen LogP contribution in [-0.4, -0.2) is 12.4 Å². The fourth-order valence-electron chi connectivity index (χ4n) is 3.61. The van der Waals surface area contributed by atoms with Crippen molar-refractivity contribution in [3.05, 3.63) is 50.5 Å². The second kappa shape index (κ2) is 8.60. The fraction of sp³-hybridized carbons (Fsp3) is 0.455. The molecular formula is C22H26F3NOS. The van der Waals surface area contributed by atoms with Gasteiger partial charge in [-0.2, -0.15) is 0 Å². The second-order valence-electron chi connectivity index (χ2n) is 7.40. The summed E-state index contributed by atoms with van der Waals surface area (Å²) in [5.41, 5.74) is 1.60. The van der Waals surface area contributed by atoms with Crippen LogP contribution < -0.4 is 19.8 Å². The molecule has 1 N–H and O–H groups in total. The average Bonchev–Trinajstić information content (AvgIpc) is 2.97. The van der Waals surface area contributed by atoms with E-state index in [4.69, 9.17) is 0 Å². The first kappa shape index (κ1) is 20.8. The minimum absolute atomic E-state index is 0.197. The minimum Gasteiger partial charge on any atom is -0.406 e. The number of hydrogen-bond acceptors (Lipinski definition) is 3. The summed E-state index contributed by atoms with van der Waals surface area (Å²) in [6.07, 6.45) is 1.82. The van der Waals surface area contributed by atoms with Crippen molar-refractivity contribution >= 4 is 23.1 Å². The fourth-order valence-corrected chi connectivity index (χ4v) is 4.58. The maximum atomic E-state index is 12.7. The highest BCUT2D eigenvalue weighted by Crippen LogP contribution is 2.26.